The van der Waals surface area contributed by atoms with Crippen LogP contribution in [0.2, 0.25) is 0 Å². The molecule has 0 aromatic heterocycles. The van der Waals surface area contributed by atoms with E-state index in [1.807, 2.05) is 0 Å². The van der Waals surface area contributed by atoms with Gasteiger partial charge in [0.05, 0.1) is 12.3 Å². The average molecular weight is 273 g/mol. The number of hydrogen-bond donors (Lipinski definition) is 2. The number of ether oxygens (including phenoxy) is 1. The summed E-state index contributed by atoms with van der Waals surface area (Å²) in [7, 11) is -0.409. The standard InChI is InChI=1S/C11H19N3O3S/c1-14(7-9(12)8-17-2)10-5-3-4-6-11(10)18(13,15)16/h3-6,9H,7-8,12H2,1-2H3,(H2,13,15,16). The first kappa shape index (κ1) is 14.9. The molecule has 1 rings (SSSR count). The number of benzene rings is 1. The van der Waals surface area contributed by atoms with E-state index in [1.165, 1.54) is 6.07 Å². The van der Waals surface area contributed by atoms with E-state index in [2.05, 4.69) is 0 Å². The van der Waals surface area contributed by atoms with Crippen molar-refractivity contribution in [2.45, 2.75) is 10.9 Å². The SMILES string of the molecule is COCC(N)CN(C)c1ccccc1S(N)(=O)=O. The summed E-state index contributed by atoms with van der Waals surface area (Å²) in [5, 5.41) is 5.17. The normalized spacial score (nSPS) is 13.3. The first-order valence-corrected chi connectivity index (χ1v) is 6.98. The number of sulfonamides is 1. The van der Waals surface area contributed by atoms with Crippen LogP contribution >= 0.6 is 0 Å². The maximum absolute atomic E-state index is 11.5. The van der Waals surface area contributed by atoms with Crippen LogP contribution in [0.15, 0.2) is 29.2 Å². The second kappa shape index (κ2) is 6.14. The summed E-state index contributed by atoms with van der Waals surface area (Å²) in [5.74, 6) is 0. The van der Waals surface area contributed by atoms with Gasteiger partial charge in [-0.2, -0.15) is 0 Å². The predicted molar refractivity (Wildman–Crippen MR) is 70.9 cm³/mol. The number of methoxy groups -OCH3 is 1. The lowest BCUT2D eigenvalue weighted by Gasteiger charge is -2.24. The highest BCUT2D eigenvalue weighted by atomic mass is 32.2. The van der Waals surface area contributed by atoms with Crippen LogP contribution in [0.1, 0.15) is 0 Å². The lowest BCUT2D eigenvalue weighted by atomic mass is 10.2. The van der Waals surface area contributed by atoms with Crippen molar-refractivity contribution in [2.75, 3.05) is 32.2 Å². The fourth-order valence-corrected chi connectivity index (χ4v) is 2.51. The molecular weight excluding hydrogens is 254 g/mol. The molecule has 0 aliphatic rings. The highest BCUT2D eigenvalue weighted by Gasteiger charge is 2.17. The smallest absolute Gasteiger partial charge is 0.240 e. The molecule has 0 radical (unpaired) electrons. The molecule has 4 N–H and O–H groups in total. The number of hydrogen-bond acceptors (Lipinski definition) is 5. The van der Waals surface area contributed by atoms with E-state index in [1.54, 1.807) is 37.3 Å². The van der Waals surface area contributed by atoms with Crippen molar-refractivity contribution in [3.05, 3.63) is 24.3 Å². The van der Waals surface area contributed by atoms with Crippen LogP contribution in [-0.4, -0.2) is 41.8 Å². The van der Waals surface area contributed by atoms with Crippen LogP contribution in [-0.2, 0) is 14.8 Å². The van der Waals surface area contributed by atoms with Gasteiger partial charge < -0.3 is 15.4 Å². The summed E-state index contributed by atoms with van der Waals surface area (Å²) >= 11 is 0. The number of rotatable bonds is 6. The summed E-state index contributed by atoms with van der Waals surface area (Å²) in [6.45, 7) is 0.877. The number of anilines is 1. The van der Waals surface area contributed by atoms with Crippen molar-refractivity contribution in [3.8, 4) is 0 Å². The molecule has 1 unspecified atom stereocenters. The van der Waals surface area contributed by atoms with E-state index in [4.69, 9.17) is 15.6 Å². The van der Waals surface area contributed by atoms with Crippen LogP contribution in [0.4, 0.5) is 5.69 Å². The van der Waals surface area contributed by atoms with E-state index >= 15 is 0 Å². The van der Waals surface area contributed by atoms with Gasteiger partial charge >= 0.3 is 0 Å². The molecule has 18 heavy (non-hydrogen) atoms. The molecule has 7 heteroatoms. The maximum Gasteiger partial charge on any atom is 0.240 e. The molecule has 0 aliphatic heterocycles. The Morgan fingerprint density at radius 2 is 2.00 bits per heavy atom. The summed E-state index contributed by atoms with van der Waals surface area (Å²) < 4.78 is 27.9. The van der Waals surface area contributed by atoms with E-state index in [0.29, 0.717) is 18.8 Å². The topological polar surface area (TPSA) is 98.7 Å². The minimum Gasteiger partial charge on any atom is -0.383 e. The minimum atomic E-state index is -3.74. The second-order valence-corrected chi connectivity index (χ2v) is 5.64. The largest absolute Gasteiger partial charge is 0.383 e. The van der Waals surface area contributed by atoms with Crippen LogP contribution in [0.25, 0.3) is 0 Å². The number of nitrogens with zero attached hydrogens (tertiary/aromatic N) is 1. The molecule has 1 aromatic rings. The predicted octanol–water partition coefficient (Wildman–Crippen LogP) is -0.256. The quantitative estimate of drug-likeness (QED) is 0.744. The molecule has 102 valence electrons. The Morgan fingerprint density at radius 3 is 2.56 bits per heavy atom. The van der Waals surface area contributed by atoms with E-state index in [0.717, 1.165) is 0 Å². The number of nitrogens with two attached hydrogens (primary N) is 2. The highest BCUT2D eigenvalue weighted by Crippen LogP contribution is 2.22. The Kier molecular flexibility index (Phi) is 5.09. The average Bonchev–Trinajstić information content (AvgIpc) is 2.28. The Labute approximate surface area is 108 Å². The van der Waals surface area contributed by atoms with Crippen LogP contribution in [0, 0.1) is 0 Å². The number of primary sulfonamides is 1. The Morgan fingerprint density at radius 1 is 1.39 bits per heavy atom. The summed E-state index contributed by atoms with van der Waals surface area (Å²) in [6.07, 6.45) is 0. The van der Waals surface area contributed by atoms with Gasteiger partial charge in [-0.1, -0.05) is 12.1 Å². The third kappa shape index (κ3) is 3.95. The van der Waals surface area contributed by atoms with Crippen molar-refractivity contribution in [3.63, 3.8) is 0 Å². The van der Waals surface area contributed by atoms with Crippen molar-refractivity contribution in [1.82, 2.24) is 0 Å². The van der Waals surface area contributed by atoms with Gasteiger partial charge in [-0.15, -0.1) is 0 Å². The molecule has 6 nitrogen and oxygen atoms in total. The van der Waals surface area contributed by atoms with Gasteiger partial charge in [0, 0.05) is 26.7 Å². The first-order valence-electron chi connectivity index (χ1n) is 5.43. The molecule has 1 aromatic carbocycles. The first-order chi connectivity index (χ1) is 8.36. The summed E-state index contributed by atoms with van der Waals surface area (Å²) in [4.78, 5) is 1.85. The van der Waals surface area contributed by atoms with Gasteiger partial charge in [0.1, 0.15) is 4.90 Å². The maximum atomic E-state index is 11.5. The fourth-order valence-electron chi connectivity index (χ4n) is 1.73. The van der Waals surface area contributed by atoms with Gasteiger partial charge in [-0.05, 0) is 12.1 Å². The lowest BCUT2D eigenvalue weighted by molar-refractivity contribution is 0.181. The number of likely N-dealkylation sites (N-methyl/N-ethyl adjacent to an activating group) is 1. The van der Waals surface area contributed by atoms with Gasteiger partial charge in [0.25, 0.3) is 0 Å². The zero-order chi connectivity index (χ0) is 13.8. The highest BCUT2D eigenvalue weighted by molar-refractivity contribution is 7.89. The molecular formula is C11H19N3O3S. The van der Waals surface area contributed by atoms with Gasteiger partial charge in [0.2, 0.25) is 10.0 Å². The van der Waals surface area contributed by atoms with E-state index < -0.39 is 10.0 Å². The molecule has 0 spiro atoms. The Bertz CT molecular complexity index is 490. The van der Waals surface area contributed by atoms with Gasteiger partial charge in [-0.25, -0.2) is 13.6 Å². The van der Waals surface area contributed by atoms with Crippen LogP contribution in [0.5, 0.6) is 0 Å². The fraction of sp³-hybridized carbons (Fsp3) is 0.455. The third-order valence-corrected chi connectivity index (χ3v) is 3.43. The Hall–Kier alpha value is -1.15. The van der Waals surface area contributed by atoms with Crippen LogP contribution in [0.3, 0.4) is 0 Å². The van der Waals surface area contributed by atoms with E-state index in [-0.39, 0.29) is 10.9 Å². The van der Waals surface area contributed by atoms with E-state index in [9.17, 15) is 8.42 Å². The molecule has 0 bridgehead atoms. The number of para-hydroxylation sites is 1. The lowest BCUT2D eigenvalue weighted by Crippen LogP contribution is -2.39. The Balaban J connectivity index is 2.96. The van der Waals surface area contributed by atoms with Crippen molar-refractivity contribution in [2.24, 2.45) is 10.9 Å². The molecule has 0 fully saturated rings. The third-order valence-electron chi connectivity index (χ3n) is 2.47. The van der Waals surface area contributed by atoms with Crippen LogP contribution < -0.4 is 15.8 Å². The van der Waals surface area contributed by atoms with Crippen molar-refractivity contribution in [1.29, 1.82) is 0 Å². The molecule has 0 aliphatic carbocycles. The van der Waals surface area contributed by atoms with Gasteiger partial charge in [0.15, 0.2) is 0 Å². The molecule has 0 heterocycles. The monoisotopic (exact) mass is 273 g/mol. The second-order valence-electron chi connectivity index (χ2n) is 4.11. The summed E-state index contributed by atoms with van der Waals surface area (Å²) in [5.41, 5.74) is 6.37. The van der Waals surface area contributed by atoms with Crippen molar-refractivity contribution < 1.29 is 13.2 Å². The molecule has 1 atom stereocenters. The molecule has 0 saturated heterocycles. The zero-order valence-corrected chi connectivity index (χ0v) is 11.4. The van der Waals surface area contributed by atoms with Crippen molar-refractivity contribution >= 4 is 15.7 Å². The summed E-state index contributed by atoms with van der Waals surface area (Å²) in [6, 6.07) is 6.35. The zero-order valence-electron chi connectivity index (χ0n) is 10.5. The van der Waals surface area contributed by atoms with Gasteiger partial charge in [-0.3, -0.25) is 0 Å². The molecule has 0 amide bonds. The molecule has 0 saturated carbocycles. The minimum absolute atomic E-state index is 0.0946.